The van der Waals surface area contributed by atoms with E-state index in [1.165, 1.54) is 12.3 Å². The van der Waals surface area contributed by atoms with Crippen LogP contribution < -0.4 is 11.1 Å². The zero-order valence-electron chi connectivity index (χ0n) is 9.90. The van der Waals surface area contributed by atoms with Gasteiger partial charge in [0.1, 0.15) is 5.15 Å². The van der Waals surface area contributed by atoms with E-state index in [0.29, 0.717) is 12.1 Å². The fraction of sp³-hybridized carbons (Fsp3) is 0.500. The lowest BCUT2D eigenvalue weighted by Crippen LogP contribution is -2.45. The molecule has 98 valence electrons. The molecule has 1 aromatic heterocycles. The highest BCUT2D eigenvalue weighted by molar-refractivity contribution is 6.32. The van der Waals surface area contributed by atoms with Crippen LogP contribution in [-0.2, 0) is 0 Å². The van der Waals surface area contributed by atoms with Gasteiger partial charge >= 0.3 is 0 Å². The Balaban J connectivity index is 2.09. The number of carbonyl (C=O) groups excluding carboxylic acids is 1. The van der Waals surface area contributed by atoms with Crippen LogP contribution in [0.15, 0.2) is 12.3 Å². The Bertz CT molecular complexity index is 453. The van der Waals surface area contributed by atoms with Gasteiger partial charge in [0.15, 0.2) is 0 Å². The highest BCUT2D eigenvalue weighted by atomic mass is 35.5. The predicted octanol–water partition coefficient (Wildman–Crippen LogP) is 1.35. The molecule has 2 rings (SSSR count). The molecule has 6 heteroatoms. The Morgan fingerprint density at radius 3 is 2.94 bits per heavy atom. The van der Waals surface area contributed by atoms with Gasteiger partial charge in [-0.1, -0.05) is 24.4 Å². The summed E-state index contributed by atoms with van der Waals surface area (Å²) in [5, 5.41) is 12.7. The monoisotopic (exact) mass is 269 g/mol. The number of amides is 1. The van der Waals surface area contributed by atoms with Crippen LogP contribution in [0.4, 0.5) is 5.69 Å². The Kier molecular flexibility index (Phi) is 4.04. The minimum Gasteiger partial charge on any atom is -0.397 e. The molecule has 1 fully saturated rings. The number of halogens is 1. The second-order valence-electron chi connectivity index (χ2n) is 4.54. The maximum absolute atomic E-state index is 12.0. The first-order chi connectivity index (χ1) is 8.58. The van der Waals surface area contributed by atoms with Gasteiger partial charge in [0.05, 0.1) is 29.6 Å². The van der Waals surface area contributed by atoms with Crippen molar-refractivity contribution in [3.63, 3.8) is 0 Å². The molecule has 2 atom stereocenters. The van der Waals surface area contributed by atoms with Crippen molar-refractivity contribution in [3.05, 3.63) is 23.0 Å². The van der Waals surface area contributed by atoms with Crippen molar-refractivity contribution in [1.29, 1.82) is 0 Å². The first-order valence-electron chi connectivity index (χ1n) is 5.98. The number of anilines is 1. The van der Waals surface area contributed by atoms with Crippen molar-refractivity contribution in [2.45, 2.75) is 37.8 Å². The number of rotatable bonds is 2. The van der Waals surface area contributed by atoms with E-state index >= 15 is 0 Å². The molecule has 1 aromatic rings. The van der Waals surface area contributed by atoms with Gasteiger partial charge in [-0.2, -0.15) is 0 Å². The Hall–Kier alpha value is -1.33. The maximum Gasteiger partial charge on any atom is 0.254 e. The topological polar surface area (TPSA) is 88.2 Å². The quantitative estimate of drug-likeness (QED) is 0.707. The minimum atomic E-state index is -0.490. The van der Waals surface area contributed by atoms with Gasteiger partial charge in [-0.05, 0) is 18.9 Å². The van der Waals surface area contributed by atoms with Gasteiger partial charge in [-0.25, -0.2) is 4.98 Å². The molecule has 0 radical (unpaired) electrons. The lowest BCUT2D eigenvalue weighted by Gasteiger charge is -2.28. The summed E-state index contributed by atoms with van der Waals surface area (Å²) in [4.78, 5) is 15.9. The fourth-order valence-corrected chi connectivity index (χ4v) is 2.34. The van der Waals surface area contributed by atoms with Crippen molar-refractivity contribution in [2.75, 3.05) is 5.73 Å². The van der Waals surface area contributed by atoms with Crippen molar-refractivity contribution >= 4 is 23.2 Å². The fourth-order valence-electron chi connectivity index (χ4n) is 2.15. The minimum absolute atomic E-state index is 0.118. The number of aromatic nitrogens is 1. The first-order valence-corrected chi connectivity index (χ1v) is 6.35. The third-order valence-corrected chi connectivity index (χ3v) is 3.45. The van der Waals surface area contributed by atoms with Crippen molar-refractivity contribution < 1.29 is 9.90 Å². The number of hydrogen-bond donors (Lipinski definition) is 3. The van der Waals surface area contributed by atoms with Crippen molar-refractivity contribution in [2.24, 2.45) is 0 Å². The lowest BCUT2D eigenvalue weighted by atomic mass is 9.92. The molecule has 1 heterocycles. The summed E-state index contributed by atoms with van der Waals surface area (Å²) in [5.41, 5.74) is 6.20. The highest BCUT2D eigenvalue weighted by Crippen LogP contribution is 2.20. The van der Waals surface area contributed by atoms with Crippen LogP contribution in [0, 0.1) is 0 Å². The van der Waals surface area contributed by atoms with Crippen LogP contribution in [0.3, 0.4) is 0 Å². The average molecular weight is 270 g/mol. The maximum atomic E-state index is 12.0. The Morgan fingerprint density at radius 1 is 1.50 bits per heavy atom. The van der Waals surface area contributed by atoms with Crippen LogP contribution in [0.25, 0.3) is 0 Å². The average Bonchev–Trinajstić information content (AvgIpc) is 2.35. The third-order valence-electron chi connectivity index (χ3n) is 3.15. The van der Waals surface area contributed by atoms with E-state index in [1.54, 1.807) is 0 Å². The molecule has 5 nitrogen and oxygen atoms in total. The number of nitrogen functional groups attached to an aromatic ring is 1. The molecule has 1 amide bonds. The summed E-state index contributed by atoms with van der Waals surface area (Å²) in [7, 11) is 0. The summed E-state index contributed by atoms with van der Waals surface area (Å²) in [5.74, 6) is -0.342. The van der Waals surface area contributed by atoms with E-state index in [0.717, 1.165) is 19.3 Å². The Labute approximate surface area is 110 Å². The number of nitrogens with one attached hydrogen (secondary N) is 1. The standard InChI is InChI=1S/C12H16ClN3O2/c13-11-8(5-7(14)6-15-11)12(18)16-9-3-1-2-4-10(9)17/h5-6,9-10,17H,1-4,14H2,(H,16,18). The van der Waals surface area contributed by atoms with Crippen LogP contribution in [0.5, 0.6) is 0 Å². The number of aliphatic hydroxyl groups excluding tert-OH is 1. The van der Waals surface area contributed by atoms with Gasteiger partial charge in [0.2, 0.25) is 0 Å². The molecule has 18 heavy (non-hydrogen) atoms. The van der Waals surface area contributed by atoms with Gasteiger partial charge in [0, 0.05) is 0 Å². The molecule has 4 N–H and O–H groups in total. The second-order valence-corrected chi connectivity index (χ2v) is 4.90. The van der Waals surface area contributed by atoms with E-state index < -0.39 is 6.10 Å². The zero-order valence-corrected chi connectivity index (χ0v) is 10.7. The molecule has 0 saturated heterocycles. The van der Waals surface area contributed by atoms with Gasteiger partial charge in [0.25, 0.3) is 5.91 Å². The number of nitrogens with two attached hydrogens (primary N) is 1. The van der Waals surface area contributed by atoms with Gasteiger partial charge in [-0.15, -0.1) is 0 Å². The summed E-state index contributed by atoms with van der Waals surface area (Å²) in [6.07, 6.45) is 4.40. The lowest BCUT2D eigenvalue weighted by molar-refractivity contribution is 0.0717. The van der Waals surface area contributed by atoms with E-state index in [1.807, 2.05) is 0 Å². The van der Waals surface area contributed by atoms with E-state index in [4.69, 9.17) is 17.3 Å². The number of pyridine rings is 1. The van der Waals surface area contributed by atoms with Crippen LogP contribution in [0.2, 0.25) is 5.15 Å². The van der Waals surface area contributed by atoms with Crippen LogP contribution in [0.1, 0.15) is 36.0 Å². The summed E-state index contributed by atoms with van der Waals surface area (Å²) in [6.45, 7) is 0. The number of carbonyl (C=O) groups is 1. The van der Waals surface area contributed by atoms with E-state index in [2.05, 4.69) is 10.3 Å². The Morgan fingerprint density at radius 2 is 2.22 bits per heavy atom. The van der Waals surface area contributed by atoms with E-state index in [-0.39, 0.29) is 22.7 Å². The molecular formula is C12H16ClN3O2. The molecule has 0 aliphatic heterocycles. The zero-order chi connectivity index (χ0) is 13.1. The molecular weight excluding hydrogens is 254 g/mol. The van der Waals surface area contributed by atoms with Crippen LogP contribution in [-0.4, -0.2) is 28.1 Å². The molecule has 0 aromatic carbocycles. The predicted molar refractivity (Wildman–Crippen MR) is 69.4 cm³/mol. The smallest absolute Gasteiger partial charge is 0.254 e. The molecule has 0 spiro atoms. The third kappa shape index (κ3) is 2.91. The molecule has 2 unspecified atom stereocenters. The first kappa shape index (κ1) is 13.1. The largest absolute Gasteiger partial charge is 0.397 e. The van der Waals surface area contributed by atoms with Gasteiger partial charge < -0.3 is 16.2 Å². The second kappa shape index (κ2) is 5.54. The number of nitrogens with zero attached hydrogens (tertiary/aromatic N) is 1. The number of aliphatic hydroxyl groups is 1. The van der Waals surface area contributed by atoms with Crippen molar-refractivity contribution in [1.82, 2.24) is 10.3 Å². The summed E-state index contributed by atoms with van der Waals surface area (Å²) < 4.78 is 0. The van der Waals surface area contributed by atoms with E-state index in [9.17, 15) is 9.90 Å². The number of hydrogen-bond acceptors (Lipinski definition) is 4. The van der Waals surface area contributed by atoms with Crippen molar-refractivity contribution in [3.8, 4) is 0 Å². The molecule has 0 bridgehead atoms. The van der Waals surface area contributed by atoms with Crippen LogP contribution >= 0.6 is 11.6 Å². The molecule has 1 saturated carbocycles. The normalized spacial score (nSPS) is 23.7. The summed E-state index contributed by atoms with van der Waals surface area (Å²) in [6, 6.07) is 1.27. The molecule has 1 aliphatic carbocycles. The molecule has 1 aliphatic rings. The van der Waals surface area contributed by atoms with Gasteiger partial charge in [-0.3, -0.25) is 4.79 Å². The SMILES string of the molecule is Nc1cnc(Cl)c(C(=O)NC2CCCCC2O)c1. The summed E-state index contributed by atoms with van der Waals surface area (Å²) >= 11 is 5.86. The highest BCUT2D eigenvalue weighted by Gasteiger charge is 2.25.